The minimum absolute atomic E-state index is 0.00428. The van der Waals surface area contributed by atoms with Gasteiger partial charge in [0.05, 0.1) is 6.61 Å². The first-order valence-electron chi connectivity index (χ1n) is 16.1. The fourth-order valence-electron chi connectivity index (χ4n) is 4.81. The van der Waals surface area contributed by atoms with Crippen molar-refractivity contribution in [1.82, 2.24) is 15.3 Å². The zero-order valence-electron chi connectivity index (χ0n) is 25.5. The van der Waals surface area contributed by atoms with Crippen LogP contribution in [0.4, 0.5) is 0 Å². The molecular weight excluding hydrogens is 458 g/mol. The molecule has 0 rings (SSSR count). The van der Waals surface area contributed by atoms with Gasteiger partial charge in [-0.25, -0.2) is 5.43 Å². The summed E-state index contributed by atoms with van der Waals surface area (Å²) in [4.78, 5) is 14.6. The Labute approximate surface area is 232 Å². The Balaban J connectivity index is 3.90. The summed E-state index contributed by atoms with van der Waals surface area (Å²) in [5.74, 6) is 0.00428. The highest BCUT2D eigenvalue weighted by molar-refractivity contribution is 5.69. The number of hydrogen-bond acceptors (Lipinski definition) is 5. The van der Waals surface area contributed by atoms with E-state index in [0.717, 1.165) is 25.8 Å². The number of nitrogens with one attached hydrogen (secondary N) is 1. The Morgan fingerprint density at radius 3 is 1.68 bits per heavy atom. The zero-order chi connectivity index (χ0) is 27.2. The molecule has 0 fully saturated rings. The van der Waals surface area contributed by atoms with Crippen molar-refractivity contribution < 1.29 is 9.53 Å². The van der Waals surface area contributed by atoms with Crippen LogP contribution in [0.3, 0.4) is 0 Å². The molecule has 5 nitrogen and oxygen atoms in total. The number of unbranched alkanes of at least 4 members (excludes halogenated alkanes) is 15. The highest BCUT2D eigenvalue weighted by Crippen LogP contribution is 2.11. The van der Waals surface area contributed by atoms with Gasteiger partial charge >= 0.3 is 5.97 Å². The van der Waals surface area contributed by atoms with Crippen molar-refractivity contribution in [3.63, 3.8) is 0 Å². The second-order valence-corrected chi connectivity index (χ2v) is 10.7. The van der Waals surface area contributed by atoms with Crippen LogP contribution in [-0.2, 0) is 9.53 Å². The molecule has 0 aromatic rings. The van der Waals surface area contributed by atoms with E-state index in [4.69, 9.17) is 4.74 Å². The lowest BCUT2D eigenvalue weighted by Crippen LogP contribution is -2.34. The number of hydrazine groups is 1. The third-order valence-corrected chi connectivity index (χ3v) is 7.18. The molecule has 0 saturated heterocycles. The summed E-state index contributed by atoms with van der Waals surface area (Å²) in [7, 11) is 1.99. The maximum atomic E-state index is 11.9. The number of carbonyl (C=O) groups excluding carboxylic acids is 1. The first kappa shape index (κ1) is 35.9. The Morgan fingerprint density at radius 2 is 1.14 bits per heavy atom. The van der Waals surface area contributed by atoms with Crippen LogP contribution in [-0.4, -0.2) is 55.7 Å². The molecule has 1 N–H and O–H groups in total. The first-order valence-corrected chi connectivity index (χ1v) is 16.1. The number of ether oxygens (including phenoxy) is 1. The van der Waals surface area contributed by atoms with E-state index in [-0.39, 0.29) is 5.97 Å². The van der Waals surface area contributed by atoms with E-state index in [1.165, 1.54) is 122 Å². The number of allylic oxidation sites excluding steroid dienone is 1. The molecule has 0 aliphatic rings. The van der Waals surface area contributed by atoms with Crippen LogP contribution in [0, 0.1) is 0 Å². The van der Waals surface area contributed by atoms with Crippen LogP contribution in [0.15, 0.2) is 12.3 Å². The van der Waals surface area contributed by atoms with Crippen LogP contribution in [0.5, 0.6) is 0 Å². The Morgan fingerprint density at radius 1 is 0.649 bits per heavy atom. The number of hydrogen-bond donors (Lipinski definition) is 1. The number of nitrogens with zero attached hydrogens (tertiary/aromatic N) is 2. The summed E-state index contributed by atoms with van der Waals surface area (Å²) < 4.78 is 5.42. The van der Waals surface area contributed by atoms with Gasteiger partial charge in [0.15, 0.2) is 0 Å². The lowest BCUT2D eigenvalue weighted by molar-refractivity contribution is -0.143. The van der Waals surface area contributed by atoms with Crippen LogP contribution >= 0.6 is 0 Å². The van der Waals surface area contributed by atoms with E-state index in [0.29, 0.717) is 13.0 Å². The standard InChI is InChI=1S/C32H65N3O2/c1-5-8-10-12-14-19-23-31-37-32(36)25-20-16-15-18-22-28-34(27-21-17-13-11-9-6-2)29-24-30-35(33-4)26-7-3/h7,26,33H,5-6,8-25,27-31H2,1-4H3/b26-7-. The van der Waals surface area contributed by atoms with E-state index < -0.39 is 0 Å². The van der Waals surface area contributed by atoms with E-state index in [9.17, 15) is 4.79 Å². The molecule has 0 unspecified atom stereocenters. The smallest absolute Gasteiger partial charge is 0.305 e. The summed E-state index contributed by atoms with van der Waals surface area (Å²) in [5.41, 5.74) is 3.25. The Hall–Kier alpha value is -1.07. The Kier molecular flexibility index (Phi) is 28.6. The van der Waals surface area contributed by atoms with Crippen LogP contribution in [0.25, 0.3) is 0 Å². The summed E-state index contributed by atoms with van der Waals surface area (Å²) in [6.07, 6.45) is 28.8. The van der Waals surface area contributed by atoms with E-state index >= 15 is 0 Å². The van der Waals surface area contributed by atoms with E-state index in [2.05, 4.69) is 48.4 Å². The molecule has 37 heavy (non-hydrogen) atoms. The molecule has 220 valence electrons. The molecule has 0 amide bonds. The predicted octanol–water partition coefficient (Wildman–Crippen LogP) is 8.64. The van der Waals surface area contributed by atoms with Gasteiger partial charge in [-0.15, -0.1) is 0 Å². The second-order valence-electron chi connectivity index (χ2n) is 10.7. The van der Waals surface area contributed by atoms with Crippen molar-refractivity contribution in [2.45, 2.75) is 149 Å². The molecule has 0 aliphatic heterocycles. The number of esters is 1. The minimum Gasteiger partial charge on any atom is -0.466 e. The van der Waals surface area contributed by atoms with Crippen molar-refractivity contribution in [1.29, 1.82) is 0 Å². The average molecular weight is 524 g/mol. The number of rotatable bonds is 29. The normalized spacial score (nSPS) is 11.6. The molecule has 0 aromatic heterocycles. The zero-order valence-corrected chi connectivity index (χ0v) is 25.5. The molecule has 0 heterocycles. The molecule has 0 spiro atoms. The highest BCUT2D eigenvalue weighted by Gasteiger charge is 2.07. The minimum atomic E-state index is 0.00428. The van der Waals surface area contributed by atoms with Gasteiger partial charge in [0.1, 0.15) is 0 Å². The fourth-order valence-corrected chi connectivity index (χ4v) is 4.81. The van der Waals surface area contributed by atoms with Crippen molar-refractivity contribution in [2.24, 2.45) is 0 Å². The van der Waals surface area contributed by atoms with Crippen molar-refractivity contribution >= 4 is 5.97 Å². The average Bonchev–Trinajstić information content (AvgIpc) is 2.90. The molecule has 0 bridgehead atoms. The van der Waals surface area contributed by atoms with E-state index in [1.54, 1.807) is 0 Å². The third kappa shape index (κ3) is 26.3. The fraction of sp³-hybridized carbons (Fsp3) is 0.906. The summed E-state index contributed by atoms with van der Waals surface area (Å²) in [6, 6.07) is 0. The van der Waals surface area contributed by atoms with Crippen molar-refractivity contribution in [3.8, 4) is 0 Å². The lowest BCUT2D eigenvalue weighted by atomic mass is 10.1. The maximum absolute atomic E-state index is 11.9. The van der Waals surface area contributed by atoms with Gasteiger partial charge in [-0.1, -0.05) is 110 Å². The molecule has 0 radical (unpaired) electrons. The van der Waals surface area contributed by atoms with Crippen molar-refractivity contribution in [3.05, 3.63) is 12.3 Å². The molecule has 0 aromatic carbocycles. The van der Waals surface area contributed by atoms with Crippen LogP contribution in [0.1, 0.15) is 149 Å². The molecule has 5 heteroatoms. The molecule has 0 atom stereocenters. The largest absolute Gasteiger partial charge is 0.466 e. The van der Waals surface area contributed by atoms with Crippen LogP contribution in [0.2, 0.25) is 0 Å². The van der Waals surface area contributed by atoms with Gasteiger partial charge in [0.2, 0.25) is 0 Å². The van der Waals surface area contributed by atoms with Gasteiger partial charge in [-0.2, -0.15) is 0 Å². The van der Waals surface area contributed by atoms with Gasteiger partial charge < -0.3 is 14.6 Å². The molecular formula is C32H65N3O2. The topological polar surface area (TPSA) is 44.8 Å². The van der Waals surface area contributed by atoms with E-state index in [1.807, 2.05) is 7.05 Å². The summed E-state index contributed by atoms with van der Waals surface area (Å²) in [5, 5.41) is 2.17. The quantitative estimate of drug-likeness (QED) is 0.0604. The van der Waals surface area contributed by atoms with Gasteiger partial charge in [-0.05, 0) is 58.7 Å². The highest BCUT2D eigenvalue weighted by atomic mass is 16.5. The first-order chi connectivity index (χ1) is 18.2. The Bertz CT molecular complexity index is 498. The predicted molar refractivity (Wildman–Crippen MR) is 162 cm³/mol. The monoisotopic (exact) mass is 524 g/mol. The third-order valence-electron chi connectivity index (χ3n) is 7.18. The van der Waals surface area contributed by atoms with Gasteiger partial charge in [-0.3, -0.25) is 4.79 Å². The van der Waals surface area contributed by atoms with Gasteiger partial charge in [0, 0.05) is 26.2 Å². The van der Waals surface area contributed by atoms with Gasteiger partial charge in [0.25, 0.3) is 0 Å². The number of carbonyl (C=O) groups is 1. The lowest BCUT2D eigenvalue weighted by Gasteiger charge is -2.25. The van der Waals surface area contributed by atoms with Crippen molar-refractivity contribution in [2.75, 3.05) is 39.8 Å². The summed E-state index contributed by atoms with van der Waals surface area (Å²) in [6.45, 7) is 11.9. The second kappa shape index (κ2) is 29.5. The molecule has 0 aliphatic carbocycles. The maximum Gasteiger partial charge on any atom is 0.305 e. The summed E-state index contributed by atoms with van der Waals surface area (Å²) >= 11 is 0. The SMILES string of the molecule is C/C=C\N(CCCN(CCCCCCCC)CCCCCCCC(=O)OCCCCCCCCC)NC. The van der Waals surface area contributed by atoms with Crippen LogP contribution < -0.4 is 5.43 Å². The molecule has 0 saturated carbocycles.